The van der Waals surface area contributed by atoms with Gasteiger partial charge in [-0.3, -0.25) is 0 Å². The Hall–Kier alpha value is -0.980. The minimum atomic E-state index is -0.199. The third kappa shape index (κ3) is 5.20. The Morgan fingerprint density at radius 2 is 2.31 bits per heavy atom. The maximum atomic E-state index is 12.9. The number of rotatable bonds is 5. The predicted molar refractivity (Wildman–Crippen MR) is 67.8 cm³/mol. The number of halogens is 1. The van der Waals surface area contributed by atoms with Crippen LogP contribution in [-0.2, 0) is 0 Å². The quantitative estimate of drug-likeness (QED) is 0.629. The van der Waals surface area contributed by atoms with E-state index in [-0.39, 0.29) is 11.9 Å². The summed E-state index contributed by atoms with van der Waals surface area (Å²) in [6.07, 6.45) is 1.73. The number of nitrogens with two attached hydrogens (primary N) is 1. The summed E-state index contributed by atoms with van der Waals surface area (Å²) < 4.78 is 12.9. The minimum absolute atomic E-state index is 0.120. The van der Waals surface area contributed by atoms with Crippen molar-refractivity contribution in [2.45, 2.75) is 30.7 Å². The zero-order chi connectivity index (χ0) is 11.8. The van der Waals surface area contributed by atoms with E-state index < -0.39 is 0 Å². The van der Waals surface area contributed by atoms with Gasteiger partial charge in [0.1, 0.15) is 5.82 Å². The van der Waals surface area contributed by atoms with Crippen LogP contribution in [0.25, 0.3) is 0 Å². The van der Waals surface area contributed by atoms with Gasteiger partial charge in [0.05, 0.1) is 0 Å². The normalized spacial score (nSPS) is 11.7. The highest BCUT2D eigenvalue weighted by Crippen LogP contribution is 2.19. The summed E-state index contributed by atoms with van der Waals surface area (Å²) in [6.45, 7) is 1.83. The molecule has 0 aromatic heterocycles. The average Bonchev–Trinajstić information content (AvgIpc) is 2.27. The molecule has 0 bridgehead atoms. The second-order valence-electron chi connectivity index (χ2n) is 3.49. The summed E-state index contributed by atoms with van der Waals surface area (Å²) in [4.78, 5) is 0.928. The van der Waals surface area contributed by atoms with Gasteiger partial charge < -0.3 is 5.73 Å². The fourth-order valence-corrected chi connectivity index (χ4v) is 2.17. The molecule has 0 spiro atoms. The van der Waals surface area contributed by atoms with Crippen molar-refractivity contribution >= 4 is 11.8 Å². The van der Waals surface area contributed by atoms with Gasteiger partial charge in [0.2, 0.25) is 0 Å². The molecule has 1 aromatic rings. The van der Waals surface area contributed by atoms with Crippen LogP contribution >= 0.6 is 11.8 Å². The lowest BCUT2D eigenvalue weighted by molar-refractivity contribution is 0.624. The van der Waals surface area contributed by atoms with Crippen molar-refractivity contribution in [3.05, 3.63) is 30.1 Å². The van der Waals surface area contributed by atoms with Gasteiger partial charge >= 0.3 is 0 Å². The molecule has 0 radical (unpaired) electrons. The van der Waals surface area contributed by atoms with Crippen LogP contribution in [0.15, 0.2) is 29.2 Å². The van der Waals surface area contributed by atoms with E-state index in [1.54, 1.807) is 17.8 Å². The van der Waals surface area contributed by atoms with Crippen molar-refractivity contribution in [3.63, 3.8) is 0 Å². The van der Waals surface area contributed by atoms with Crippen LogP contribution in [0, 0.1) is 17.7 Å². The molecule has 0 aliphatic heterocycles. The van der Waals surface area contributed by atoms with E-state index in [1.165, 1.54) is 12.1 Å². The van der Waals surface area contributed by atoms with E-state index in [1.807, 2.05) is 13.0 Å². The van der Waals surface area contributed by atoms with Crippen LogP contribution in [0.1, 0.15) is 19.8 Å². The van der Waals surface area contributed by atoms with E-state index in [4.69, 9.17) is 5.73 Å². The van der Waals surface area contributed by atoms with Crippen LogP contribution < -0.4 is 5.73 Å². The Labute approximate surface area is 101 Å². The maximum Gasteiger partial charge on any atom is 0.124 e. The molecule has 0 heterocycles. The summed E-state index contributed by atoms with van der Waals surface area (Å²) in [5.74, 6) is 6.43. The molecule has 1 atom stereocenters. The predicted octanol–water partition coefficient (Wildman–Crippen LogP) is 3.05. The first-order valence-corrected chi connectivity index (χ1v) is 6.24. The Morgan fingerprint density at radius 1 is 1.50 bits per heavy atom. The smallest absolute Gasteiger partial charge is 0.124 e. The molecule has 16 heavy (non-hydrogen) atoms. The molecule has 3 heteroatoms. The van der Waals surface area contributed by atoms with Crippen LogP contribution in [0.5, 0.6) is 0 Å². The number of thioether (sulfide) groups is 1. The Morgan fingerprint density at radius 3 is 3.00 bits per heavy atom. The molecule has 86 valence electrons. The van der Waals surface area contributed by atoms with E-state index >= 15 is 0 Å². The first-order valence-electron chi connectivity index (χ1n) is 5.26. The van der Waals surface area contributed by atoms with Crippen LogP contribution in [0.4, 0.5) is 4.39 Å². The van der Waals surface area contributed by atoms with Crippen molar-refractivity contribution in [3.8, 4) is 11.8 Å². The zero-order valence-corrected chi connectivity index (χ0v) is 10.2. The molecule has 0 amide bonds. The SMILES string of the molecule is CC#CCCC(N)CSc1cccc(F)c1. The number of hydrogen-bond acceptors (Lipinski definition) is 2. The van der Waals surface area contributed by atoms with Crippen molar-refractivity contribution in [1.29, 1.82) is 0 Å². The minimum Gasteiger partial charge on any atom is -0.327 e. The number of benzene rings is 1. The van der Waals surface area contributed by atoms with E-state index in [2.05, 4.69) is 11.8 Å². The highest BCUT2D eigenvalue weighted by molar-refractivity contribution is 7.99. The van der Waals surface area contributed by atoms with Crippen LogP contribution in [0.3, 0.4) is 0 Å². The highest BCUT2D eigenvalue weighted by Gasteiger charge is 2.03. The molecule has 1 unspecified atom stereocenters. The van der Waals surface area contributed by atoms with Gasteiger partial charge in [-0.15, -0.1) is 23.6 Å². The van der Waals surface area contributed by atoms with Gasteiger partial charge in [0, 0.05) is 23.1 Å². The van der Waals surface area contributed by atoms with Crippen molar-refractivity contribution in [2.24, 2.45) is 5.73 Å². The highest BCUT2D eigenvalue weighted by atomic mass is 32.2. The largest absolute Gasteiger partial charge is 0.327 e. The lowest BCUT2D eigenvalue weighted by Crippen LogP contribution is -2.22. The third-order valence-electron chi connectivity index (χ3n) is 2.08. The van der Waals surface area contributed by atoms with Crippen LogP contribution in [0.2, 0.25) is 0 Å². The Balaban J connectivity index is 2.30. The average molecular weight is 237 g/mol. The second kappa shape index (κ2) is 7.32. The molecule has 1 rings (SSSR count). The van der Waals surface area contributed by atoms with Crippen molar-refractivity contribution in [2.75, 3.05) is 5.75 Å². The maximum absolute atomic E-state index is 12.9. The molecule has 0 saturated heterocycles. The number of hydrogen-bond donors (Lipinski definition) is 1. The van der Waals surface area contributed by atoms with Gasteiger partial charge in [0.25, 0.3) is 0 Å². The van der Waals surface area contributed by atoms with Gasteiger partial charge in [-0.05, 0) is 31.5 Å². The fourth-order valence-electron chi connectivity index (χ4n) is 1.23. The van der Waals surface area contributed by atoms with Gasteiger partial charge in [-0.25, -0.2) is 4.39 Å². The van der Waals surface area contributed by atoms with Gasteiger partial charge in [-0.2, -0.15) is 0 Å². The van der Waals surface area contributed by atoms with Crippen LogP contribution in [-0.4, -0.2) is 11.8 Å². The topological polar surface area (TPSA) is 26.0 Å². The molecule has 0 aliphatic rings. The van der Waals surface area contributed by atoms with Gasteiger partial charge in [-0.1, -0.05) is 6.07 Å². The molecular weight excluding hydrogens is 221 g/mol. The summed E-state index contributed by atoms with van der Waals surface area (Å²) >= 11 is 1.59. The Kier molecular flexibility index (Phi) is 5.99. The van der Waals surface area contributed by atoms with Crippen molar-refractivity contribution in [1.82, 2.24) is 0 Å². The third-order valence-corrected chi connectivity index (χ3v) is 3.26. The first-order chi connectivity index (χ1) is 7.72. The molecule has 1 aromatic carbocycles. The molecule has 2 N–H and O–H groups in total. The monoisotopic (exact) mass is 237 g/mol. The fraction of sp³-hybridized carbons (Fsp3) is 0.385. The summed E-state index contributed by atoms with van der Waals surface area (Å²) in [5, 5.41) is 0. The first kappa shape index (κ1) is 13.1. The van der Waals surface area contributed by atoms with Crippen molar-refractivity contribution < 1.29 is 4.39 Å². The molecule has 1 nitrogen and oxygen atoms in total. The lowest BCUT2D eigenvalue weighted by Gasteiger charge is -2.09. The zero-order valence-electron chi connectivity index (χ0n) is 9.37. The molecule has 0 aliphatic carbocycles. The second-order valence-corrected chi connectivity index (χ2v) is 4.59. The molecule has 0 saturated carbocycles. The molecular formula is C13H16FNS. The summed E-state index contributed by atoms with van der Waals surface area (Å²) in [7, 11) is 0. The summed E-state index contributed by atoms with van der Waals surface area (Å²) in [6, 6.07) is 6.70. The van der Waals surface area contributed by atoms with E-state index in [9.17, 15) is 4.39 Å². The van der Waals surface area contributed by atoms with E-state index in [0.29, 0.717) is 0 Å². The standard InChI is InChI=1S/C13H16FNS/c1-2-3-4-7-12(15)10-16-13-8-5-6-11(14)9-13/h5-6,8-9,12H,4,7,10,15H2,1H3. The summed E-state index contributed by atoms with van der Waals surface area (Å²) in [5.41, 5.74) is 5.92. The van der Waals surface area contributed by atoms with Gasteiger partial charge in [0.15, 0.2) is 0 Å². The lowest BCUT2D eigenvalue weighted by atomic mass is 10.2. The molecule has 0 fully saturated rings. The van der Waals surface area contributed by atoms with E-state index in [0.717, 1.165) is 23.5 Å². The Bertz CT molecular complexity index is 381.